The lowest BCUT2D eigenvalue weighted by molar-refractivity contribution is 0.495. The molecule has 0 bridgehead atoms. The number of hydrogen-bond acceptors (Lipinski definition) is 1. The fraction of sp³-hybridized carbons (Fsp3) is 0.500. The van der Waals surface area contributed by atoms with E-state index in [1.807, 2.05) is 0 Å². The number of aryl methyl sites for hydroxylation is 1. The van der Waals surface area contributed by atoms with Gasteiger partial charge in [-0.25, -0.2) is 0 Å². The Hall–Kier alpha value is -2.54. The summed E-state index contributed by atoms with van der Waals surface area (Å²) in [5, 5.41) is 3.65. The van der Waals surface area contributed by atoms with E-state index >= 15 is 0 Å². The fourth-order valence-corrected chi connectivity index (χ4v) is 7.87. The quantitative estimate of drug-likeness (QED) is 0.347. The third kappa shape index (κ3) is 4.64. The molecule has 1 nitrogen and oxygen atoms in total. The molecule has 0 radical (unpaired) electrons. The van der Waals surface area contributed by atoms with Crippen LogP contribution in [0.5, 0.6) is 0 Å². The number of anilines is 1. The van der Waals surface area contributed by atoms with Crippen LogP contribution in [0, 0.1) is 17.8 Å². The van der Waals surface area contributed by atoms with Crippen LogP contribution in [0.3, 0.4) is 0 Å². The molecule has 0 spiro atoms. The van der Waals surface area contributed by atoms with Gasteiger partial charge >= 0.3 is 0 Å². The molecular weight excluding hydrogens is 446 g/mol. The van der Waals surface area contributed by atoms with Crippen molar-refractivity contribution in [1.29, 1.82) is 0 Å². The Labute approximate surface area is 225 Å². The maximum atomic E-state index is 3.65. The van der Waals surface area contributed by atoms with Crippen molar-refractivity contribution in [1.82, 2.24) is 0 Å². The maximum absolute atomic E-state index is 3.65. The van der Waals surface area contributed by atoms with Crippen molar-refractivity contribution in [2.24, 2.45) is 17.8 Å². The van der Waals surface area contributed by atoms with Crippen molar-refractivity contribution < 1.29 is 0 Å². The highest BCUT2D eigenvalue weighted by Gasteiger charge is 2.53. The summed E-state index contributed by atoms with van der Waals surface area (Å²) in [6, 6.07) is 23.9. The predicted molar refractivity (Wildman–Crippen MR) is 158 cm³/mol. The van der Waals surface area contributed by atoms with E-state index in [0.717, 1.165) is 18.9 Å². The molecule has 1 fully saturated rings. The Morgan fingerprint density at radius 1 is 0.811 bits per heavy atom. The van der Waals surface area contributed by atoms with Gasteiger partial charge in [-0.2, -0.15) is 0 Å². The molecule has 0 amide bonds. The SMILES string of the molecule is CC(Cc1cc(C2C(c3ccccc3)C2C(C)C)cc2c1CCC2C(C)C)c1ccc2c(c1)NCCC2. The first-order chi connectivity index (χ1) is 17.9. The molecule has 6 rings (SSSR count). The van der Waals surface area contributed by atoms with E-state index < -0.39 is 0 Å². The monoisotopic (exact) mass is 491 g/mol. The van der Waals surface area contributed by atoms with Gasteiger partial charge < -0.3 is 5.32 Å². The van der Waals surface area contributed by atoms with E-state index in [1.165, 1.54) is 48.1 Å². The van der Waals surface area contributed by atoms with Crippen molar-refractivity contribution in [2.45, 2.75) is 90.4 Å². The Bertz CT molecular complexity index is 1250. The summed E-state index contributed by atoms with van der Waals surface area (Å²) >= 11 is 0. The Morgan fingerprint density at radius 2 is 1.59 bits per heavy atom. The van der Waals surface area contributed by atoms with Gasteiger partial charge in [-0.3, -0.25) is 0 Å². The van der Waals surface area contributed by atoms with Gasteiger partial charge in [0.25, 0.3) is 0 Å². The highest BCUT2D eigenvalue weighted by Crippen LogP contribution is 2.64. The largest absolute Gasteiger partial charge is 0.385 e. The summed E-state index contributed by atoms with van der Waals surface area (Å²) in [6.45, 7) is 13.3. The number of benzene rings is 3. The average molecular weight is 492 g/mol. The van der Waals surface area contributed by atoms with Crippen LogP contribution in [0.2, 0.25) is 0 Å². The maximum Gasteiger partial charge on any atom is 0.0375 e. The van der Waals surface area contributed by atoms with Crippen molar-refractivity contribution in [3.63, 3.8) is 0 Å². The smallest absolute Gasteiger partial charge is 0.0375 e. The van der Waals surface area contributed by atoms with Gasteiger partial charge in [0.05, 0.1) is 0 Å². The van der Waals surface area contributed by atoms with Crippen LogP contribution in [0.4, 0.5) is 5.69 Å². The molecule has 3 aliphatic rings. The van der Waals surface area contributed by atoms with Crippen LogP contribution in [-0.2, 0) is 19.3 Å². The second-order valence-electron chi connectivity index (χ2n) is 13.0. The molecule has 1 N–H and O–H groups in total. The lowest BCUT2D eigenvalue weighted by atomic mass is 9.84. The van der Waals surface area contributed by atoms with Crippen molar-refractivity contribution in [2.75, 3.05) is 11.9 Å². The zero-order valence-corrected chi connectivity index (χ0v) is 23.6. The number of hydrogen-bond donors (Lipinski definition) is 1. The van der Waals surface area contributed by atoms with Crippen LogP contribution in [0.1, 0.15) is 110 Å². The molecule has 1 heteroatoms. The number of rotatable bonds is 7. The van der Waals surface area contributed by atoms with E-state index in [2.05, 4.69) is 101 Å². The van der Waals surface area contributed by atoms with Gasteiger partial charge in [-0.05, 0) is 119 Å². The fourth-order valence-electron chi connectivity index (χ4n) is 7.87. The highest BCUT2D eigenvalue weighted by atomic mass is 14.9. The van der Waals surface area contributed by atoms with Gasteiger partial charge in [0.1, 0.15) is 0 Å². The molecule has 1 saturated carbocycles. The third-order valence-corrected chi connectivity index (χ3v) is 9.89. The molecule has 2 aliphatic carbocycles. The highest BCUT2D eigenvalue weighted by molar-refractivity contribution is 5.56. The zero-order valence-electron chi connectivity index (χ0n) is 23.6. The predicted octanol–water partition coefficient (Wildman–Crippen LogP) is 9.23. The van der Waals surface area contributed by atoms with Crippen LogP contribution in [0.15, 0.2) is 60.7 Å². The minimum absolute atomic E-state index is 0.525. The first kappa shape index (κ1) is 24.8. The second-order valence-corrected chi connectivity index (χ2v) is 13.0. The lowest BCUT2D eigenvalue weighted by Crippen LogP contribution is -2.12. The molecule has 5 unspecified atom stereocenters. The zero-order chi connectivity index (χ0) is 25.7. The summed E-state index contributed by atoms with van der Waals surface area (Å²) in [7, 11) is 0. The summed E-state index contributed by atoms with van der Waals surface area (Å²) < 4.78 is 0. The molecule has 37 heavy (non-hydrogen) atoms. The second kappa shape index (κ2) is 9.97. The summed E-state index contributed by atoms with van der Waals surface area (Å²) in [5.41, 5.74) is 12.5. The average Bonchev–Trinajstić information content (AvgIpc) is 3.52. The van der Waals surface area contributed by atoms with E-state index in [9.17, 15) is 0 Å². The van der Waals surface area contributed by atoms with Gasteiger partial charge in [0.15, 0.2) is 0 Å². The first-order valence-corrected chi connectivity index (χ1v) is 15.0. The minimum atomic E-state index is 0.525. The number of fused-ring (bicyclic) bond motifs is 2. The van der Waals surface area contributed by atoms with Crippen LogP contribution >= 0.6 is 0 Å². The van der Waals surface area contributed by atoms with Gasteiger partial charge in [-0.15, -0.1) is 0 Å². The Kier molecular flexibility index (Phi) is 6.68. The molecule has 0 saturated heterocycles. The van der Waals surface area contributed by atoms with Crippen molar-refractivity contribution in [3.8, 4) is 0 Å². The standard InChI is InChI=1S/C36H45N/c1-22(2)30-15-16-31-28(18-24(5)27-14-13-25-12-9-17-37-33(25)21-27)19-29(20-32(30)31)36-34(23(3)4)35(36)26-10-7-6-8-11-26/h6-8,10-11,13-14,19-24,30,34-37H,9,12,15-18H2,1-5H3. The molecular formula is C36H45N. The lowest BCUT2D eigenvalue weighted by Gasteiger charge is -2.22. The van der Waals surface area contributed by atoms with Gasteiger partial charge in [0.2, 0.25) is 0 Å². The van der Waals surface area contributed by atoms with Gasteiger partial charge in [0, 0.05) is 12.2 Å². The van der Waals surface area contributed by atoms with Crippen LogP contribution in [0.25, 0.3) is 0 Å². The normalized spacial score (nSPS) is 25.1. The summed E-state index contributed by atoms with van der Waals surface area (Å²) in [6.07, 6.45) is 6.19. The topological polar surface area (TPSA) is 12.0 Å². The molecule has 194 valence electrons. The molecule has 3 aromatic carbocycles. The number of nitrogens with one attached hydrogen (secondary N) is 1. The molecule has 1 aliphatic heterocycles. The molecule has 5 atom stereocenters. The minimum Gasteiger partial charge on any atom is -0.385 e. The van der Waals surface area contributed by atoms with Crippen LogP contribution < -0.4 is 5.32 Å². The van der Waals surface area contributed by atoms with E-state index in [0.29, 0.717) is 35.5 Å². The molecule has 3 aromatic rings. The van der Waals surface area contributed by atoms with Gasteiger partial charge in [-0.1, -0.05) is 89.2 Å². The Balaban J connectivity index is 1.36. The summed E-state index contributed by atoms with van der Waals surface area (Å²) in [5.74, 6) is 4.71. The third-order valence-electron chi connectivity index (χ3n) is 9.89. The molecule has 1 heterocycles. The molecule has 0 aromatic heterocycles. The van der Waals surface area contributed by atoms with E-state index in [4.69, 9.17) is 0 Å². The van der Waals surface area contributed by atoms with Crippen molar-refractivity contribution in [3.05, 3.63) is 99.6 Å². The first-order valence-electron chi connectivity index (χ1n) is 15.0. The van der Waals surface area contributed by atoms with Crippen molar-refractivity contribution >= 4 is 5.69 Å². The van der Waals surface area contributed by atoms with Crippen LogP contribution in [-0.4, -0.2) is 6.54 Å². The Morgan fingerprint density at radius 3 is 2.35 bits per heavy atom. The summed E-state index contributed by atoms with van der Waals surface area (Å²) in [4.78, 5) is 0. The van der Waals surface area contributed by atoms with E-state index in [-0.39, 0.29) is 0 Å². The van der Waals surface area contributed by atoms with E-state index in [1.54, 1.807) is 22.3 Å².